The van der Waals surface area contributed by atoms with Crippen LogP contribution in [-0.4, -0.2) is 21.8 Å². The number of anilines is 2. The van der Waals surface area contributed by atoms with Crippen molar-refractivity contribution in [1.82, 2.24) is 14.7 Å². The zero-order valence-corrected chi connectivity index (χ0v) is 14.0. The topological polar surface area (TPSA) is 110 Å². The van der Waals surface area contributed by atoms with Crippen molar-refractivity contribution in [3.05, 3.63) is 74.3 Å². The van der Waals surface area contributed by atoms with Gasteiger partial charge in [-0.15, -0.1) is 0 Å². The first-order valence-corrected chi connectivity index (χ1v) is 7.75. The van der Waals surface area contributed by atoms with Crippen LogP contribution < -0.4 is 21.9 Å². The third-order valence-corrected chi connectivity index (χ3v) is 3.86. The highest BCUT2D eigenvalue weighted by Gasteiger charge is 2.17. The molecule has 3 rings (SSSR count). The number of aryl methyl sites for hydroxylation is 1. The molecule has 0 amide bonds. The van der Waals surface area contributed by atoms with Gasteiger partial charge in [-0.3, -0.25) is 14.3 Å². The first kappa shape index (κ1) is 16.6. The fraction of sp³-hybridized carbons (Fsp3) is 0.235. The molecule has 0 atom stereocenters. The van der Waals surface area contributed by atoms with Gasteiger partial charge in [0.05, 0.1) is 13.1 Å². The Bertz CT molecular complexity index is 988. The molecule has 3 N–H and O–H groups in total. The molecule has 1 aromatic carbocycles. The van der Waals surface area contributed by atoms with E-state index in [0.29, 0.717) is 18.0 Å². The smallest absolute Gasteiger partial charge is 0.330 e. The van der Waals surface area contributed by atoms with E-state index in [9.17, 15) is 9.59 Å². The monoisotopic (exact) mass is 341 g/mol. The van der Waals surface area contributed by atoms with Gasteiger partial charge < -0.3 is 15.2 Å². The Kier molecular flexibility index (Phi) is 4.42. The van der Waals surface area contributed by atoms with Gasteiger partial charge in [0.2, 0.25) is 0 Å². The highest BCUT2D eigenvalue weighted by molar-refractivity contribution is 5.62. The van der Waals surface area contributed by atoms with Gasteiger partial charge in [0, 0.05) is 13.1 Å². The van der Waals surface area contributed by atoms with E-state index < -0.39 is 11.2 Å². The Hall–Kier alpha value is -3.29. The average molecular weight is 341 g/mol. The quantitative estimate of drug-likeness (QED) is 0.719. The van der Waals surface area contributed by atoms with Crippen molar-refractivity contribution in [2.45, 2.75) is 20.0 Å². The van der Waals surface area contributed by atoms with E-state index >= 15 is 0 Å². The number of nitrogens with one attached hydrogen (secondary N) is 1. The van der Waals surface area contributed by atoms with Gasteiger partial charge in [0.15, 0.2) is 0 Å². The van der Waals surface area contributed by atoms with Crippen LogP contribution in [0.25, 0.3) is 0 Å². The molecule has 0 saturated heterocycles. The number of hydrogen-bond acceptors (Lipinski definition) is 6. The minimum absolute atomic E-state index is 0.111. The van der Waals surface area contributed by atoms with Gasteiger partial charge in [-0.1, -0.05) is 35.5 Å². The molecule has 2 aromatic heterocycles. The summed E-state index contributed by atoms with van der Waals surface area (Å²) in [7, 11) is 1.71. The second-order valence-electron chi connectivity index (χ2n) is 5.85. The summed E-state index contributed by atoms with van der Waals surface area (Å²) in [5, 5.41) is 3.91. The van der Waals surface area contributed by atoms with Crippen LogP contribution in [0.2, 0.25) is 0 Å². The Labute approximate surface area is 143 Å². The Morgan fingerprint density at radius 3 is 2.64 bits per heavy atom. The third kappa shape index (κ3) is 3.47. The van der Waals surface area contributed by atoms with E-state index in [1.165, 1.54) is 4.57 Å². The maximum absolute atomic E-state index is 12.3. The highest BCUT2D eigenvalue weighted by Crippen LogP contribution is 2.18. The number of aromatic nitrogens is 3. The fourth-order valence-corrected chi connectivity index (χ4v) is 2.68. The van der Waals surface area contributed by atoms with Crippen molar-refractivity contribution < 1.29 is 4.52 Å². The normalized spacial score (nSPS) is 10.8. The van der Waals surface area contributed by atoms with Crippen LogP contribution in [0, 0.1) is 6.92 Å². The molecule has 0 fully saturated rings. The van der Waals surface area contributed by atoms with Crippen LogP contribution in [-0.2, 0) is 13.1 Å². The van der Waals surface area contributed by atoms with Crippen molar-refractivity contribution in [3.63, 3.8) is 0 Å². The first-order chi connectivity index (χ1) is 12.0. The molecule has 8 heteroatoms. The van der Waals surface area contributed by atoms with Crippen molar-refractivity contribution >= 4 is 11.5 Å². The van der Waals surface area contributed by atoms with Gasteiger partial charge in [-0.25, -0.2) is 4.79 Å². The molecule has 0 unspecified atom stereocenters. The molecule has 0 aliphatic carbocycles. The second kappa shape index (κ2) is 6.68. The molecule has 0 saturated carbocycles. The van der Waals surface area contributed by atoms with E-state index in [1.807, 2.05) is 30.3 Å². The van der Waals surface area contributed by atoms with E-state index in [4.69, 9.17) is 10.3 Å². The molecule has 25 heavy (non-hydrogen) atoms. The van der Waals surface area contributed by atoms with E-state index in [-0.39, 0.29) is 18.1 Å². The number of H-pyrrole nitrogens is 1. The number of nitrogens with zero attached hydrogens (tertiary/aromatic N) is 3. The molecule has 3 aromatic rings. The van der Waals surface area contributed by atoms with Crippen molar-refractivity contribution in [2.24, 2.45) is 0 Å². The second-order valence-corrected chi connectivity index (χ2v) is 5.85. The minimum atomic E-state index is -0.541. The summed E-state index contributed by atoms with van der Waals surface area (Å²) in [5.74, 6) is 0.791. The number of rotatable bonds is 5. The highest BCUT2D eigenvalue weighted by atomic mass is 16.5. The molecule has 0 radical (unpaired) electrons. The summed E-state index contributed by atoms with van der Waals surface area (Å²) < 4.78 is 6.38. The Balaban J connectivity index is 1.97. The van der Waals surface area contributed by atoms with Crippen LogP contribution >= 0.6 is 0 Å². The summed E-state index contributed by atoms with van der Waals surface area (Å²) in [6.45, 7) is 2.39. The van der Waals surface area contributed by atoms with Crippen LogP contribution in [0.3, 0.4) is 0 Å². The molecule has 2 heterocycles. The number of aromatic amines is 1. The maximum atomic E-state index is 12.3. The molecule has 130 valence electrons. The number of nitrogens with two attached hydrogens (primary N) is 1. The Morgan fingerprint density at radius 1 is 1.28 bits per heavy atom. The molecule has 8 nitrogen and oxygen atoms in total. The van der Waals surface area contributed by atoms with Gasteiger partial charge in [0.25, 0.3) is 5.56 Å². The van der Waals surface area contributed by atoms with Crippen LogP contribution in [0.15, 0.2) is 50.5 Å². The standard InChI is InChI=1S/C17H19N5O3/c1-11-8-13(20-25-11)10-21(2)14-15(18)22(17(24)19-16(14)23)9-12-6-4-3-5-7-12/h3-8H,9-10,18H2,1-2H3,(H,19,23,24). The average Bonchev–Trinajstić information content (AvgIpc) is 2.97. The van der Waals surface area contributed by atoms with E-state index in [2.05, 4.69) is 10.1 Å². The van der Waals surface area contributed by atoms with Gasteiger partial charge in [-0.05, 0) is 12.5 Å². The zero-order valence-electron chi connectivity index (χ0n) is 14.0. The summed E-state index contributed by atoms with van der Waals surface area (Å²) >= 11 is 0. The SMILES string of the molecule is Cc1cc(CN(C)c2c(N)n(Cc3ccccc3)c(=O)[nH]c2=O)no1. The van der Waals surface area contributed by atoms with Gasteiger partial charge >= 0.3 is 5.69 Å². The maximum Gasteiger partial charge on any atom is 0.330 e. The first-order valence-electron chi connectivity index (χ1n) is 7.75. The van der Waals surface area contributed by atoms with E-state index in [0.717, 1.165) is 5.56 Å². The number of benzene rings is 1. The molecule has 0 aliphatic rings. The van der Waals surface area contributed by atoms with Crippen molar-refractivity contribution in [2.75, 3.05) is 17.7 Å². The lowest BCUT2D eigenvalue weighted by Crippen LogP contribution is -2.37. The number of nitrogen functional groups attached to an aromatic ring is 1. The lowest BCUT2D eigenvalue weighted by atomic mass is 10.2. The lowest BCUT2D eigenvalue weighted by Gasteiger charge is -2.20. The van der Waals surface area contributed by atoms with Crippen molar-refractivity contribution in [1.29, 1.82) is 0 Å². The molecular formula is C17H19N5O3. The minimum Gasteiger partial charge on any atom is -0.383 e. The van der Waals surface area contributed by atoms with Gasteiger partial charge in [0.1, 0.15) is 23.0 Å². The van der Waals surface area contributed by atoms with Crippen LogP contribution in [0.1, 0.15) is 17.0 Å². The van der Waals surface area contributed by atoms with Crippen molar-refractivity contribution in [3.8, 4) is 0 Å². The summed E-state index contributed by atoms with van der Waals surface area (Å²) in [5.41, 5.74) is 6.87. The molecular weight excluding hydrogens is 322 g/mol. The largest absolute Gasteiger partial charge is 0.383 e. The van der Waals surface area contributed by atoms with Crippen LogP contribution in [0.5, 0.6) is 0 Å². The zero-order chi connectivity index (χ0) is 18.0. The summed E-state index contributed by atoms with van der Waals surface area (Å²) in [6.07, 6.45) is 0. The number of hydrogen-bond donors (Lipinski definition) is 2. The van der Waals surface area contributed by atoms with Crippen LogP contribution in [0.4, 0.5) is 11.5 Å². The molecule has 0 bridgehead atoms. The third-order valence-electron chi connectivity index (χ3n) is 3.86. The molecule has 0 aliphatic heterocycles. The summed E-state index contributed by atoms with van der Waals surface area (Å²) in [4.78, 5) is 28.4. The fourth-order valence-electron chi connectivity index (χ4n) is 2.68. The van der Waals surface area contributed by atoms with E-state index in [1.54, 1.807) is 24.9 Å². The molecule has 0 spiro atoms. The Morgan fingerprint density at radius 2 is 2.00 bits per heavy atom. The summed E-state index contributed by atoms with van der Waals surface area (Å²) in [6, 6.07) is 11.2. The predicted octanol–water partition coefficient (Wildman–Crippen LogP) is 1.10. The lowest BCUT2D eigenvalue weighted by molar-refractivity contribution is 0.390. The predicted molar refractivity (Wildman–Crippen MR) is 94.6 cm³/mol. The van der Waals surface area contributed by atoms with Gasteiger partial charge in [-0.2, -0.15) is 0 Å².